The van der Waals surface area contributed by atoms with E-state index < -0.39 is 30.3 Å². The van der Waals surface area contributed by atoms with E-state index in [4.69, 9.17) is 18.9 Å². The number of hydrogen-bond acceptors (Lipinski definition) is 8. The molecule has 0 fully saturated rings. The molecule has 0 radical (unpaired) electrons. The number of carbonyl (C=O) groups is 3. The molecule has 0 amide bonds. The highest BCUT2D eigenvalue weighted by Crippen LogP contribution is 2.14. The van der Waals surface area contributed by atoms with Crippen molar-refractivity contribution in [3.8, 4) is 0 Å². The van der Waals surface area contributed by atoms with Gasteiger partial charge in [0.2, 0.25) is 0 Å². The molecule has 0 aromatic heterocycles. The number of ether oxygens (including phenoxy) is 4. The van der Waals surface area contributed by atoms with Gasteiger partial charge in [0.05, 0.1) is 46.7 Å². The van der Waals surface area contributed by atoms with E-state index in [2.05, 4.69) is 154 Å². The molecule has 0 saturated carbocycles. The van der Waals surface area contributed by atoms with Crippen LogP contribution < -0.4 is 5.11 Å². The van der Waals surface area contributed by atoms with Gasteiger partial charge in [0.15, 0.2) is 12.4 Å². The van der Waals surface area contributed by atoms with Crippen molar-refractivity contribution >= 4 is 17.9 Å². The summed E-state index contributed by atoms with van der Waals surface area (Å²) in [6.07, 6.45) is 79.0. The smallest absolute Gasteiger partial charge is 0.309 e. The van der Waals surface area contributed by atoms with Gasteiger partial charge >= 0.3 is 11.9 Å². The van der Waals surface area contributed by atoms with E-state index >= 15 is 0 Å². The van der Waals surface area contributed by atoms with Gasteiger partial charge in [0, 0.05) is 6.42 Å². The highest BCUT2D eigenvalue weighted by atomic mass is 16.7. The second-order valence-corrected chi connectivity index (χ2v) is 19.5. The monoisotopic (exact) mass is 1040 g/mol. The van der Waals surface area contributed by atoms with Crippen LogP contribution in [0.25, 0.3) is 0 Å². The zero-order chi connectivity index (χ0) is 54.8. The Balaban J connectivity index is 4.28. The van der Waals surface area contributed by atoms with Crippen LogP contribution in [0.4, 0.5) is 0 Å². The number of esters is 2. The summed E-state index contributed by atoms with van der Waals surface area (Å²) < 4.78 is 22.5. The number of carboxylic acids is 1. The Morgan fingerprint density at radius 3 is 1.13 bits per heavy atom. The molecule has 0 aliphatic carbocycles. The van der Waals surface area contributed by atoms with Crippen molar-refractivity contribution < 1.29 is 42.9 Å². The molecule has 2 atom stereocenters. The number of unbranched alkanes of at least 4 members (excludes halogenated alkanes) is 10. The molecule has 0 N–H and O–H groups in total. The molecule has 0 heterocycles. The third-order valence-corrected chi connectivity index (χ3v) is 11.3. The molecule has 9 nitrogen and oxygen atoms in total. The molecule has 75 heavy (non-hydrogen) atoms. The molecule has 2 unspecified atom stereocenters. The highest BCUT2D eigenvalue weighted by Gasteiger charge is 2.21. The van der Waals surface area contributed by atoms with Crippen molar-refractivity contribution in [3.63, 3.8) is 0 Å². The lowest BCUT2D eigenvalue weighted by Gasteiger charge is -2.26. The summed E-state index contributed by atoms with van der Waals surface area (Å²) in [6, 6.07) is 0. The Bertz CT molecular complexity index is 1780. The van der Waals surface area contributed by atoms with Gasteiger partial charge in [0.25, 0.3) is 0 Å². The van der Waals surface area contributed by atoms with E-state index in [1.54, 1.807) is 6.08 Å². The quantitative estimate of drug-likeness (QED) is 0.0195. The van der Waals surface area contributed by atoms with E-state index in [0.717, 1.165) is 103 Å². The number of carbonyl (C=O) groups excluding carboxylic acids is 3. The van der Waals surface area contributed by atoms with Gasteiger partial charge in [-0.1, -0.05) is 223 Å². The van der Waals surface area contributed by atoms with Crippen molar-refractivity contribution in [2.45, 2.75) is 193 Å². The molecule has 0 aliphatic heterocycles. The van der Waals surface area contributed by atoms with E-state index in [1.165, 1.54) is 38.5 Å². The number of carboxylic acid groups (broad SMARTS) is 1. The maximum Gasteiger partial charge on any atom is 0.309 e. The minimum atomic E-state index is -1.65. The summed E-state index contributed by atoms with van der Waals surface area (Å²) in [6.45, 7) is 4.36. The molecule has 0 aliphatic rings. The number of quaternary nitrogens is 1. The molecular formula is C66H103NO8. The average molecular weight is 1040 g/mol. The minimum absolute atomic E-state index is 0.0504. The fourth-order valence-corrected chi connectivity index (χ4v) is 6.98. The first kappa shape index (κ1) is 69.9. The molecule has 0 spiro atoms. The second kappa shape index (κ2) is 55.2. The molecule has 0 aromatic carbocycles. The molecular weight excluding hydrogens is 935 g/mol. The predicted octanol–water partition coefficient (Wildman–Crippen LogP) is 15.7. The van der Waals surface area contributed by atoms with Crippen LogP contribution in [0.15, 0.2) is 158 Å². The van der Waals surface area contributed by atoms with Gasteiger partial charge in [-0.05, 0) is 103 Å². The Labute approximate surface area is 457 Å². The van der Waals surface area contributed by atoms with Gasteiger partial charge in [0.1, 0.15) is 13.2 Å². The SMILES string of the molecule is CC/C=C\C/C=C\C/C=C\C/C=C\C/C=C\C/C=C\C/C=C\C/C=C\CCCCCCCCCCCCC(=O)OC(COC(=O)C/C=C\C/C=C\C/C=C\C/C=C\C/C=C\CC)COC(OCC[N+](C)(C)C)C(=O)[O-]. The number of nitrogens with zero attached hydrogens (tertiary/aromatic N) is 1. The maximum absolute atomic E-state index is 12.8. The summed E-state index contributed by atoms with van der Waals surface area (Å²) in [4.78, 5) is 37.1. The number of hydrogen-bond donors (Lipinski definition) is 0. The summed E-state index contributed by atoms with van der Waals surface area (Å²) in [7, 11) is 5.88. The van der Waals surface area contributed by atoms with E-state index in [-0.39, 0.29) is 32.7 Å². The molecule has 0 aromatic rings. The zero-order valence-electron chi connectivity index (χ0n) is 47.6. The maximum atomic E-state index is 12.8. The topological polar surface area (TPSA) is 111 Å². The van der Waals surface area contributed by atoms with Gasteiger partial charge in [-0.15, -0.1) is 0 Å². The lowest BCUT2D eigenvalue weighted by molar-refractivity contribution is -0.870. The molecule has 0 saturated heterocycles. The second-order valence-electron chi connectivity index (χ2n) is 19.5. The van der Waals surface area contributed by atoms with Gasteiger partial charge < -0.3 is 33.3 Å². The lowest BCUT2D eigenvalue weighted by atomic mass is 10.0. The molecule has 0 rings (SSSR count). The van der Waals surface area contributed by atoms with Crippen molar-refractivity contribution in [2.75, 3.05) is 47.5 Å². The summed E-state index contributed by atoms with van der Waals surface area (Å²) in [5.74, 6) is -2.47. The van der Waals surface area contributed by atoms with Crippen molar-refractivity contribution in [2.24, 2.45) is 0 Å². The van der Waals surface area contributed by atoms with Crippen LogP contribution in [-0.4, -0.2) is 82.3 Å². The third-order valence-electron chi connectivity index (χ3n) is 11.3. The number of aliphatic carboxylic acids is 1. The number of allylic oxidation sites excluding steroid dienone is 25. The zero-order valence-corrected chi connectivity index (χ0v) is 47.6. The van der Waals surface area contributed by atoms with Crippen LogP contribution in [0.5, 0.6) is 0 Å². The Hall–Kier alpha value is -5.09. The normalized spacial score (nSPS) is 14.0. The van der Waals surface area contributed by atoms with Gasteiger partial charge in [-0.25, -0.2) is 0 Å². The Morgan fingerprint density at radius 1 is 0.413 bits per heavy atom. The first-order chi connectivity index (χ1) is 36.6. The number of likely N-dealkylation sites (N-methyl/N-ethyl adjacent to an activating group) is 1. The number of rotatable bonds is 50. The van der Waals surface area contributed by atoms with Crippen LogP contribution in [0.2, 0.25) is 0 Å². The van der Waals surface area contributed by atoms with Gasteiger partial charge in [-0.2, -0.15) is 0 Å². The highest BCUT2D eigenvalue weighted by molar-refractivity contribution is 5.71. The first-order valence-corrected chi connectivity index (χ1v) is 28.6. The standard InChI is InChI=1S/C66H103NO8/c1-6-8-10-12-14-16-18-20-22-23-24-25-26-27-28-29-30-31-32-33-34-35-36-37-38-39-40-41-43-45-47-49-51-53-55-57-64(69)75-62(61-74-66(65(70)71)72-59-58-67(3,4)5)60-73-63(68)56-54-52-50-48-46-44-42-21-19-17-15-13-11-9-7-2/h8-11,14-17,20-22,24-25,27-28,30-31,33-34,36-37,42,46,48,52,54,62,66H,6-7,12-13,18-19,23,26,29,32,35,38-41,43-45,47,49-51,53,55-61H2,1-5H3/b10-8-,11-9-,16-14-,17-15-,22-20-,25-24-,28-27-,31-30-,34-33-,37-36-,42-21-,48-46-,54-52-. The van der Waals surface area contributed by atoms with E-state index in [1.807, 2.05) is 33.3 Å². The van der Waals surface area contributed by atoms with E-state index in [9.17, 15) is 19.5 Å². The summed E-state index contributed by atoms with van der Waals surface area (Å²) >= 11 is 0. The minimum Gasteiger partial charge on any atom is -0.545 e. The Morgan fingerprint density at radius 2 is 0.760 bits per heavy atom. The molecule has 9 heteroatoms. The van der Waals surface area contributed by atoms with Crippen molar-refractivity contribution in [3.05, 3.63) is 158 Å². The molecule has 420 valence electrons. The van der Waals surface area contributed by atoms with E-state index in [0.29, 0.717) is 23.9 Å². The van der Waals surface area contributed by atoms with Crippen LogP contribution in [0.3, 0.4) is 0 Å². The van der Waals surface area contributed by atoms with Crippen LogP contribution in [-0.2, 0) is 33.3 Å². The largest absolute Gasteiger partial charge is 0.545 e. The fraction of sp³-hybridized carbons (Fsp3) is 0.561. The first-order valence-electron chi connectivity index (χ1n) is 28.6. The summed E-state index contributed by atoms with van der Waals surface area (Å²) in [5.41, 5.74) is 0. The Kier molecular flexibility index (Phi) is 51.4. The van der Waals surface area contributed by atoms with Gasteiger partial charge in [-0.3, -0.25) is 9.59 Å². The summed E-state index contributed by atoms with van der Waals surface area (Å²) in [5, 5.41) is 11.8. The average Bonchev–Trinajstić information content (AvgIpc) is 3.38. The van der Waals surface area contributed by atoms with Crippen molar-refractivity contribution in [1.29, 1.82) is 0 Å². The van der Waals surface area contributed by atoms with Crippen LogP contribution in [0, 0.1) is 0 Å². The lowest BCUT2D eigenvalue weighted by Crippen LogP contribution is -2.44. The molecule has 0 bridgehead atoms. The predicted molar refractivity (Wildman–Crippen MR) is 315 cm³/mol. The van der Waals surface area contributed by atoms with Crippen LogP contribution in [0.1, 0.15) is 181 Å². The van der Waals surface area contributed by atoms with Crippen molar-refractivity contribution in [1.82, 2.24) is 0 Å². The third kappa shape index (κ3) is 56.5. The van der Waals surface area contributed by atoms with Crippen LogP contribution >= 0.6 is 0 Å². The fourth-order valence-electron chi connectivity index (χ4n) is 6.98.